The Labute approximate surface area is 85.7 Å². The molecule has 0 spiro atoms. The van der Waals surface area contributed by atoms with E-state index < -0.39 is 18.2 Å². The van der Waals surface area contributed by atoms with Gasteiger partial charge in [-0.25, -0.2) is 0 Å². The fraction of sp³-hybridized carbons (Fsp3) is 1.00. The Kier molecular flexibility index (Phi) is 8.08. The van der Waals surface area contributed by atoms with Gasteiger partial charge in [-0.05, 0) is 12.8 Å². The SMILES string of the molecule is CCCCC[C@H](O)[C@H](N)C[C@@H](O)CO. The molecule has 0 saturated carbocycles. The number of rotatable bonds is 8. The van der Waals surface area contributed by atoms with Crippen molar-refractivity contribution in [1.82, 2.24) is 0 Å². The van der Waals surface area contributed by atoms with Crippen LogP contribution in [0.25, 0.3) is 0 Å². The van der Waals surface area contributed by atoms with Crippen LogP contribution in [0.1, 0.15) is 39.0 Å². The van der Waals surface area contributed by atoms with Crippen LogP contribution in [0, 0.1) is 0 Å². The molecule has 4 nitrogen and oxygen atoms in total. The molecule has 0 aliphatic heterocycles. The third-order valence-electron chi connectivity index (χ3n) is 2.35. The van der Waals surface area contributed by atoms with Gasteiger partial charge in [0.1, 0.15) is 0 Å². The van der Waals surface area contributed by atoms with Crippen molar-refractivity contribution in [2.24, 2.45) is 5.73 Å². The van der Waals surface area contributed by atoms with Gasteiger partial charge in [0, 0.05) is 6.04 Å². The Balaban J connectivity index is 3.58. The van der Waals surface area contributed by atoms with Crippen molar-refractivity contribution in [2.45, 2.75) is 57.3 Å². The molecule has 0 fully saturated rings. The second-order valence-electron chi connectivity index (χ2n) is 3.80. The number of aliphatic hydroxyl groups is 3. The Hall–Kier alpha value is -0.160. The number of nitrogens with two attached hydrogens (primary N) is 1. The zero-order chi connectivity index (χ0) is 11.0. The molecule has 5 N–H and O–H groups in total. The Morgan fingerprint density at radius 1 is 1.21 bits per heavy atom. The van der Waals surface area contributed by atoms with Crippen molar-refractivity contribution in [3.05, 3.63) is 0 Å². The number of hydrogen-bond donors (Lipinski definition) is 4. The molecule has 0 bridgehead atoms. The largest absolute Gasteiger partial charge is 0.394 e. The molecule has 3 atom stereocenters. The molecule has 0 amide bonds. The highest BCUT2D eigenvalue weighted by Crippen LogP contribution is 2.09. The summed E-state index contributed by atoms with van der Waals surface area (Å²) in [5, 5.41) is 27.3. The summed E-state index contributed by atoms with van der Waals surface area (Å²) in [7, 11) is 0. The Morgan fingerprint density at radius 3 is 2.36 bits per heavy atom. The molecule has 0 heterocycles. The maximum Gasteiger partial charge on any atom is 0.0786 e. The van der Waals surface area contributed by atoms with Gasteiger partial charge in [-0.1, -0.05) is 26.2 Å². The third kappa shape index (κ3) is 6.32. The Bertz CT molecular complexity index is 133. The second kappa shape index (κ2) is 8.17. The first-order valence-electron chi connectivity index (χ1n) is 5.34. The maximum absolute atomic E-state index is 9.57. The number of hydrogen-bond acceptors (Lipinski definition) is 4. The number of unbranched alkanes of at least 4 members (excludes halogenated alkanes) is 2. The zero-order valence-electron chi connectivity index (χ0n) is 8.89. The smallest absolute Gasteiger partial charge is 0.0786 e. The monoisotopic (exact) mass is 205 g/mol. The standard InChI is InChI=1S/C10H23NO3/c1-2-3-4-5-10(14)9(11)6-8(13)7-12/h8-10,12-14H,2-7,11H2,1H3/t8-,9-,10+/m1/s1. The highest BCUT2D eigenvalue weighted by atomic mass is 16.3. The summed E-state index contributed by atoms with van der Waals surface area (Å²) in [5.41, 5.74) is 5.65. The summed E-state index contributed by atoms with van der Waals surface area (Å²) in [6, 6.07) is -0.436. The first-order valence-corrected chi connectivity index (χ1v) is 5.34. The first-order chi connectivity index (χ1) is 6.61. The van der Waals surface area contributed by atoms with Gasteiger partial charge >= 0.3 is 0 Å². The van der Waals surface area contributed by atoms with Gasteiger partial charge < -0.3 is 21.1 Å². The van der Waals surface area contributed by atoms with Gasteiger partial charge in [0.15, 0.2) is 0 Å². The fourth-order valence-electron chi connectivity index (χ4n) is 1.36. The van der Waals surface area contributed by atoms with Gasteiger partial charge in [0.05, 0.1) is 18.8 Å². The molecular formula is C10H23NO3. The van der Waals surface area contributed by atoms with E-state index in [0.29, 0.717) is 6.42 Å². The van der Waals surface area contributed by atoms with Crippen LogP contribution in [0.15, 0.2) is 0 Å². The van der Waals surface area contributed by atoms with E-state index in [1.54, 1.807) is 0 Å². The molecule has 86 valence electrons. The molecule has 0 aromatic heterocycles. The van der Waals surface area contributed by atoms with Gasteiger partial charge in [-0.15, -0.1) is 0 Å². The summed E-state index contributed by atoms with van der Waals surface area (Å²) in [4.78, 5) is 0. The van der Waals surface area contributed by atoms with Crippen LogP contribution in [0.2, 0.25) is 0 Å². The van der Waals surface area contributed by atoms with Crippen LogP contribution >= 0.6 is 0 Å². The van der Waals surface area contributed by atoms with Gasteiger partial charge in [0.2, 0.25) is 0 Å². The van der Waals surface area contributed by atoms with Crippen molar-refractivity contribution in [2.75, 3.05) is 6.61 Å². The second-order valence-corrected chi connectivity index (χ2v) is 3.80. The van der Waals surface area contributed by atoms with E-state index in [0.717, 1.165) is 19.3 Å². The molecule has 0 unspecified atom stereocenters. The van der Waals surface area contributed by atoms with Gasteiger partial charge in [0.25, 0.3) is 0 Å². The van der Waals surface area contributed by atoms with Gasteiger partial charge in [-0.3, -0.25) is 0 Å². The minimum absolute atomic E-state index is 0.254. The van der Waals surface area contributed by atoms with E-state index in [1.807, 2.05) is 0 Å². The van der Waals surface area contributed by atoms with E-state index >= 15 is 0 Å². The summed E-state index contributed by atoms with van der Waals surface area (Å²) in [5.74, 6) is 0. The zero-order valence-corrected chi connectivity index (χ0v) is 8.89. The van der Waals surface area contributed by atoms with Crippen LogP contribution in [0.4, 0.5) is 0 Å². The summed E-state index contributed by atoms with van der Waals surface area (Å²) in [6.07, 6.45) is 2.71. The topological polar surface area (TPSA) is 86.7 Å². The van der Waals surface area contributed by atoms with Crippen LogP contribution in [-0.4, -0.2) is 40.2 Å². The lowest BCUT2D eigenvalue weighted by molar-refractivity contribution is 0.0547. The van der Waals surface area contributed by atoms with E-state index in [4.69, 9.17) is 15.9 Å². The minimum atomic E-state index is -0.814. The van der Waals surface area contributed by atoms with Crippen LogP contribution in [0.5, 0.6) is 0 Å². The normalized spacial score (nSPS) is 17.8. The highest BCUT2D eigenvalue weighted by Gasteiger charge is 2.17. The fourth-order valence-corrected chi connectivity index (χ4v) is 1.36. The average molecular weight is 205 g/mol. The van der Waals surface area contributed by atoms with Gasteiger partial charge in [-0.2, -0.15) is 0 Å². The third-order valence-corrected chi connectivity index (χ3v) is 2.35. The van der Waals surface area contributed by atoms with E-state index in [-0.39, 0.29) is 13.0 Å². The van der Waals surface area contributed by atoms with Crippen LogP contribution < -0.4 is 5.73 Å². The summed E-state index contributed by atoms with van der Waals surface area (Å²) < 4.78 is 0. The summed E-state index contributed by atoms with van der Waals surface area (Å²) >= 11 is 0. The predicted molar refractivity (Wildman–Crippen MR) is 55.8 cm³/mol. The minimum Gasteiger partial charge on any atom is -0.394 e. The van der Waals surface area contributed by atoms with Crippen LogP contribution in [-0.2, 0) is 0 Å². The first kappa shape index (κ1) is 13.8. The molecule has 0 rings (SSSR count). The molecule has 0 aromatic carbocycles. The van der Waals surface area contributed by atoms with Crippen molar-refractivity contribution in [3.8, 4) is 0 Å². The van der Waals surface area contributed by atoms with Crippen molar-refractivity contribution >= 4 is 0 Å². The van der Waals surface area contributed by atoms with E-state index in [9.17, 15) is 5.11 Å². The Morgan fingerprint density at radius 2 is 1.86 bits per heavy atom. The highest BCUT2D eigenvalue weighted by molar-refractivity contribution is 4.74. The molecule has 0 saturated heterocycles. The van der Waals surface area contributed by atoms with E-state index in [1.165, 1.54) is 0 Å². The lowest BCUT2D eigenvalue weighted by Gasteiger charge is -2.20. The predicted octanol–water partition coefficient (Wildman–Crippen LogP) is -0.00180. The lowest BCUT2D eigenvalue weighted by atomic mass is 10.00. The van der Waals surface area contributed by atoms with Crippen molar-refractivity contribution in [1.29, 1.82) is 0 Å². The lowest BCUT2D eigenvalue weighted by Crippen LogP contribution is -2.38. The van der Waals surface area contributed by atoms with Crippen molar-refractivity contribution < 1.29 is 15.3 Å². The van der Waals surface area contributed by atoms with Crippen molar-refractivity contribution in [3.63, 3.8) is 0 Å². The quantitative estimate of drug-likeness (QED) is 0.420. The molecular weight excluding hydrogens is 182 g/mol. The molecule has 0 radical (unpaired) electrons. The molecule has 0 aliphatic rings. The van der Waals surface area contributed by atoms with E-state index in [2.05, 4.69) is 6.92 Å². The molecule has 0 aromatic rings. The average Bonchev–Trinajstić information content (AvgIpc) is 2.17. The molecule has 14 heavy (non-hydrogen) atoms. The number of aliphatic hydroxyl groups excluding tert-OH is 3. The maximum atomic E-state index is 9.57. The molecule has 4 heteroatoms. The van der Waals surface area contributed by atoms with Crippen LogP contribution in [0.3, 0.4) is 0 Å². The molecule has 0 aliphatic carbocycles. The summed E-state index contributed by atoms with van der Waals surface area (Å²) in [6.45, 7) is 1.80.